The van der Waals surface area contributed by atoms with Gasteiger partial charge in [-0.25, -0.2) is 4.98 Å². The first-order valence-electron chi connectivity index (χ1n) is 5.42. The molecule has 0 fully saturated rings. The molecule has 0 saturated carbocycles. The van der Waals surface area contributed by atoms with Crippen molar-refractivity contribution in [1.29, 1.82) is 0 Å². The first-order valence-corrected chi connectivity index (χ1v) is 6.65. The van der Waals surface area contributed by atoms with E-state index in [2.05, 4.69) is 4.98 Å². The lowest BCUT2D eigenvalue weighted by Crippen LogP contribution is -2.23. The lowest BCUT2D eigenvalue weighted by Gasteiger charge is -2.10. The van der Waals surface area contributed by atoms with Crippen molar-refractivity contribution in [3.8, 4) is 0 Å². The molecule has 1 aromatic heterocycles. The van der Waals surface area contributed by atoms with Gasteiger partial charge in [0.15, 0.2) is 5.16 Å². The van der Waals surface area contributed by atoms with Crippen molar-refractivity contribution in [3.05, 3.63) is 34.6 Å². The average Bonchev–Trinajstić information content (AvgIpc) is 2.37. The second-order valence-electron chi connectivity index (χ2n) is 3.65. The average molecular weight is 250 g/mol. The van der Waals surface area contributed by atoms with Gasteiger partial charge in [0.1, 0.15) is 0 Å². The zero-order valence-corrected chi connectivity index (χ0v) is 10.4. The summed E-state index contributed by atoms with van der Waals surface area (Å²) in [7, 11) is 0. The van der Waals surface area contributed by atoms with Crippen LogP contribution in [-0.2, 0) is 6.54 Å². The van der Waals surface area contributed by atoms with Gasteiger partial charge >= 0.3 is 0 Å². The predicted molar refractivity (Wildman–Crippen MR) is 69.5 cm³/mol. The number of fused-ring (bicyclic) bond motifs is 1. The molecule has 0 aliphatic rings. The molecule has 90 valence electrons. The Labute approximate surface area is 103 Å². The van der Waals surface area contributed by atoms with Crippen molar-refractivity contribution < 1.29 is 5.11 Å². The highest BCUT2D eigenvalue weighted by Gasteiger charge is 2.09. The molecule has 2 aromatic rings. The minimum atomic E-state index is -0.0339. The summed E-state index contributed by atoms with van der Waals surface area (Å²) in [5.41, 5.74) is 0.690. The maximum absolute atomic E-state index is 12.2. The molecule has 1 heterocycles. The van der Waals surface area contributed by atoms with Crippen LogP contribution in [0.5, 0.6) is 0 Å². The first-order chi connectivity index (χ1) is 8.27. The molecular formula is C12H14N2O2S. The number of nitrogens with zero attached hydrogens (tertiary/aromatic N) is 2. The van der Waals surface area contributed by atoms with Crippen molar-refractivity contribution in [3.63, 3.8) is 0 Å². The summed E-state index contributed by atoms with van der Waals surface area (Å²) in [6.07, 6.45) is 2.46. The molecule has 0 saturated heterocycles. The van der Waals surface area contributed by atoms with Gasteiger partial charge in [0.25, 0.3) is 5.56 Å². The normalized spacial score (nSPS) is 10.9. The third-order valence-corrected chi connectivity index (χ3v) is 3.23. The summed E-state index contributed by atoms with van der Waals surface area (Å²) >= 11 is 1.45. The second kappa shape index (κ2) is 5.33. The minimum Gasteiger partial charge on any atom is -0.396 e. The predicted octanol–water partition coefficient (Wildman–Crippen LogP) is 1.50. The van der Waals surface area contributed by atoms with E-state index in [1.807, 2.05) is 24.5 Å². The third-order valence-electron chi connectivity index (χ3n) is 2.55. The summed E-state index contributed by atoms with van der Waals surface area (Å²) in [6.45, 7) is 0.580. The summed E-state index contributed by atoms with van der Waals surface area (Å²) in [5.74, 6) is 0. The van der Waals surface area contributed by atoms with Crippen LogP contribution >= 0.6 is 11.8 Å². The van der Waals surface area contributed by atoms with E-state index >= 15 is 0 Å². The maximum atomic E-state index is 12.2. The van der Waals surface area contributed by atoms with Crippen LogP contribution in [0.25, 0.3) is 10.9 Å². The third kappa shape index (κ3) is 2.35. The molecule has 5 heteroatoms. The molecule has 2 rings (SSSR count). The molecule has 4 nitrogen and oxygen atoms in total. The quantitative estimate of drug-likeness (QED) is 0.660. The molecule has 0 amide bonds. The Balaban J connectivity index is 2.63. The lowest BCUT2D eigenvalue weighted by molar-refractivity contribution is 0.276. The molecular weight excluding hydrogens is 236 g/mol. The molecule has 17 heavy (non-hydrogen) atoms. The van der Waals surface area contributed by atoms with Crippen molar-refractivity contribution in [2.45, 2.75) is 18.1 Å². The summed E-state index contributed by atoms with van der Waals surface area (Å²) in [4.78, 5) is 16.7. The van der Waals surface area contributed by atoms with E-state index in [-0.39, 0.29) is 12.2 Å². The number of hydrogen-bond donors (Lipinski definition) is 1. The van der Waals surface area contributed by atoms with Crippen molar-refractivity contribution in [1.82, 2.24) is 9.55 Å². The highest BCUT2D eigenvalue weighted by atomic mass is 32.2. The van der Waals surface area contributed by atoms with E-state index in [1.54, 1.807) is 10.6 Å². The lowest BCUT2D eigenvalue weighted by atomic mass is 10.2. The summed E-state index contributed by atoms with van der Waals surface area (Å²) in [5, 5.41) is 10.2. The summed E-state index contributed by atoms with van der Waals surface area (Å²) < 4.78 is 1.63. The maximum Gasteiger partial charge on any atom is 0.262 e. The van der Waals surface area contributed by atoms with E-state index < -0.39 is 0 Å². The Morgan fingerprint density at radius 3 is 2.88 bits per heavy atom. The second-order valence-corrected chi connectivity index (χ2v) is 4.42. The van der Waals surface area contributed by atoms with Crippen molar-refractivity contribution >= 4 is 22.7 Å². The smallest absolute Gasteiger partial charge is 0.262 e. The van der Waals surface area contributed by atoms with Crippen LogP contribution in [0.15, 0.2) is 34.2 Å². The molecule has 0 spiro atoms. The van der Waals surface area contributed by atoms with E-state index in [0.717, 1.165) is 5.52 Å². The summed E-state index contributed by atoms with van der Waals surface area (Å²) in [6, 6.07) is 7.33. The van der Waals surface area contributed by atoms with E-state index in [9.17, 15) is 4.79 Å². The Bertz CT molecular complexity index is 580. The molecule has 0 radical (unpaired) electrons. The molecule has 0 unspecified atom stereocenters. The van der Waals surface area contributed by atoms with Crippen LogP contribution in [0.4, 0.5) is 0 Å². The largest absolute Gasteiger partial charge is 0.396 e. The number of para-hydroxylation sites is 1. The van der Waals surface area contributed by atoms with E-state index in [4.69, 9.17) is 5.11 Å². The van der Waals surface area contributed by atoms with Crippen LogP contribution in [0.2, 0.25) is 0 Å². The van der Waals surface area contributed by atoms with E-state index in [1.165, 1.54) is 11.8 Å². The number of hydrogen-bond acceptors (Lipinski definition) is 4. The Kier molecular flexibility index (Phi) is 3.81. The first kappa shape index (κ1) is 12.1. The molecule has 0 atom stereocenters. The van der Waals surface area contributed by atoms with Crippen LogP contribution in [0.3, 0.4) is 0 Å². The number of aliphatic hydroxyl groups is 1. The zero-order valence-electron chi connectivity index (χ0n) is 9.59. The highest BCUT2D eigenvalue weighted by molar-refractivity contribution is 7.98. The fourth-order valence-corrected chi connectivity index (χ4v) is 2.31. The fraction of sp³-hybridized carbons (Fsp3) is 0.333. The molecule has 1 aromatic carbocycles. The molecule has 0 bridgehead atoms. The minimum absolute atomic E-state index is 0.0339. The van der Waals surface area contributed by atoms with Crippen LogP contribution < -0.4 is 5.56 Å². The number of benzene rings is 1. The number of aromatic nitrogens is 2. The number of thioether (sulfide) groups is 1. The van der Waals surface area contributed by atoms with Gasteiger partial charge in [0, 0.05) is 13.2 Å². The van der Waals surface area contributed by atoms with Gasteiger partial charge < -0.3 is 5.11 Å². The zero-order chi connectivity index (χ0) is 12.3. The van der Waals surface area contributed by atoms with Gasteiger partial charge in [-0.15, -0.1) is 0 Å². The monoisotopic (exact) mass is 250 g/mol. The molecule has 0 aliphatic heterocycles. The number of aliphatic hydroxyl groups excluding tert-OH is 1. The Hall–Kier alpha value is -1.33. The van der Waals surface area contributed by atoms with Crippen LogP contribution in [-0.4, -0.2) is 27.5 Å². The van der Waals surface area contributed by atoms with Gasteiger partial charge in [0.2, 0.25) is 0 Å². The Morgan fingerprint density at radius 1 is 1.41 bits per heavy atom. The SMILES string of the molecule is CSc1nc2ccccc2c(=O)n1CCCO. The standard InChI is InChI=1S/C12H14N2O2S/c1-17-12-13-10-6-3-2-5-9(10)11(16)14(12)7-4-8-15/h2-3,5-6,15H,4,7-8H2,1H3. The highest BCUT2D eigenvalue weighted by Crippen LogP contribution is 2.15. The van der Waals surface area contributed by atoms with Crippen LogP contribution in [0.1, 0.15) is 6.42 Å². The number of rotatable bonds is 4. The van der Waals surface area contributed by atoms with Gasteiger partial charge in [-0.3, -0.25) is 9.36 Å². The van der Waals surface area contributed by atoms with Gasteiger partial charge in [-0.05, 0) is 24.8 Å². The fourth-order valence-electron chi connectivity index (χ4n) is 1.73. The molecule has 1 N–H and O–H groups in total. The van der Waals surface area contributed by atoms with Crippen molar-refractivity contribution in [2.24, 2.45) is 0 Å². The van der Waals surface area contributed by atoms with Crippen LogP contribution in [0, 0.1) is 0 Å². The van der Waals surface area contributed by atoms with Crippen molar-refractivity contribution in [2.75, 3.05) is 12.9 Å². The topological polar surface area (TPSA) is 55.1 Å². The van der Waals surface area contributed by atoms with Gasteiger partial charge in [0.05, 0.1) is 10.9 Å². The van der Waals surface area contributed by atoms with Gasteiger partial charge in [-0.2, -0.15) is 0 Å². The van der Waals surface area contributed by atoms with Gasteiger partial charge in [-0.1, -0.05) is 23.9 Å². The Morgan fingerprint density at radius 2 is 2.18 bits per heavy atom. The molecule has 0 aliphatic carbocycles. The van der Waals surface area contributed by atoms with E-state index in [0.29, 0.717) is 23.5 Å².